The Bertz CT molecular complexity index is 62.9. The third kappa shape index (κ3) is 1.93. The molecule has 0 heterocycles. The van der Waals surface area contributed by atoms with Crippen LogP contribution >= 0.6 is 0 Å². The van der Waals surface area contributed by atoms with Crippen LogP contribution < -0.4 is 0 Å². The second kappa shape index (κ2) is 3.48. The van der Waals surface area contributed by atoms with Gasteiger partial charge in [-0.25, -0.2) is 6.61 Å². The number of aliphatic hydroxyl groups is 1. The predicted molar refractivity (Wildman–Crippen MR) is 28.2 cm³/mol. The minimum Gasteiger partial charge on any atom is -0.565 e. The van der Waals surface area contributed by atoms with Gasteiger partial charge in [-0.05, 0) is 0 Å². The molecule has 0 saturated heterocycles. The van der Waals surface area contributed by atoms with Gasteiger partial charge in [0.25, 0.3) is 0 Å². The van der Waals surface area contributed by atoms with E-state index in [-0.39, 0.29) is 46.7 Å². The third-order valence-corrected chi connectivity index (χ3v) is 1.87. The maximum absolute atomic E-state index is 8.53. The molecule has 0 amide bonds. The fraction of sp³-hybridized carbons (Fsp3) is 0.833. The first-order valence-corrected chi connectivity index (χ1v) is 2.81. The van der Waals surface area contributed by atoms with E-state index in [0.29, 0.717) is 0 Å². The van der Waals surface area contributed by atoms with Gasteiger partial charge < -0.3 is 5.11 Å². The van der Waals surface area contributed by atoms with E-state index in [4.69, 9.17) is 5.11 Å². The summed E-state index contributed by atoms with van der Waals surface area (Å²) in [7, 11) is 0. The van der Waals surface area contributed by atoms with Crippen molar-refractivity contribution in [2.75, 3.05) is 0 Å². The van der Waals surface area contributed by atoms with Crippen molar-refractivity contribution in [2.45, 2.75) is 26.2 Å². The standard InChI is InChI=1S/C6H11O.Pr/c1-2-6(5-7)3-4-6;/h5,7H,2-4H2,1H3;/q-1;. The fourth-order valence-electron chi connectivity index (χ4n) is 0.734. The van der Waals surface area contributed by atoms with Crippen LogP contribution in [0.25, 0.3) is 0 Å². The van der Waals surface area contributed by atoms with Crippen molar-refractivity contribution in [1.82, 2.24) is 0 Å². The van der Waals surface area contributed by atoms with Crippen LogP contribution in [0.4, 0.5) is 0 Å². The van der Waals surface area contributed by atoms with Crippen molar-refractivity contribution >= 4 is 0 Å². The maximum atomic E-state index is 8.53. The number of hydrogen-bond donors (Lipinski definition) is 1. The topological polar surface area (TPSA) is 20.2 Å². The Hall–Kier alpha value is 1.32. The second-order valence-electron chi connectivity index (χ2n) is 2.35. The van der Waals surface area contributed by atoms with E-state index in [1.54, 1.807) is 0 Å². The van der Waals surface area contributed by atoms with E-state index in [2.05, 4.69) is 6.92 Å². The van der Waals surface area contributed by atoms with Crippen LogP contribution in [0.3, 0.4) is 0 Å². The van der Waals surface area contributed by atoms with Gasteiger partial charge in [0.2, 0.25) is 0 Å². The maximum Gasteiger partial charge on any atom is 0 e. The zero-order valence-corrected chi connectivity index (χ0v) is 8.93. The monoisotopic (exact) mass is 240 g/mol. The summed E-state index contributed by atoms with van der Waals surface area (Å²) in [5, 5.41) is 8.53. The molecule has 1 fully saturated rings. The molecule has 0 aromatic heterocycles. The van der Waals surface area contributed by atoms with Gasteiger partial charge in [0, 0.05) is 41.3 Å². The summed E-state index contributed by atoms with van der Waals surface area (Å²) in [6.07, 6.45) is 3.49. The van der Waals surface area contributed by atoms with Gasteiger partial charge in [-0.2, -0.15) is 0 Å². The first-order chi connectivity index (χ1) is 3.33. The minimum absolute atomic E-state index is 0. The van der Waals surface area contributed by atoms with Gasteiger partial charge in [-0.1, -0.05) is 26.2 Å². The average molecular weight is 240 g/mol. The van der Waals surface area contributed by atoms with Crippen LogP contribution in [-0.4, -0.2) is 5.11 Å². The molecule has 1 aliphatic rings. The van der Waals surface area contributed by atoms with Crippen LogP contribution in [0.2, 0.25) is 0 Å². The molecular formula is C6H11OPr-. The van der Waals surface area contributed by atoms with Crippen molar-refractivity contribution in [3.8, 4) is 0 Å². The predicted octanol–water partition coefficient (Wildman–Crippen LogP) is 1.71. The molecule has 0 spiro atoms. The SMILES string of the molecule is CCC1([CH-]O)CC1.[Pr]. The van der Waals surface area contributed by atoms with Crippen LogP contribution in [0.5, 0.6) is 0 Å². The molecule has 8 heavy (non-hydrogen) atoms. The van der Waals surface area contributed by atoms with Crippen LogP contribution in [-0.2, 0) is 0 Å². The first kappa shape index (κ1) is 9.32. The molecule has 1 radical (unpaired) electrons. The van der Waals surface area contributed by atoms with Gasteiger partial charge in [0.1, 0.15) is 0 Å². The molecule has 0 aromatic carbocycles. The molecular weight excluding hydrogens is 229 g/mol. The molecule has 1 nitrogen and oxygen atoms in total. The average Bonchev–Trinajstić information content (AvgIpc) is 2.46. The zero-order valence-electron chi connectivity index (χ0n) is 5.22. The van der Waals surface area contributed by atoms with Crippen LogP contribution in [0.15, 0.2) is 0 Å². The summed E-state index contributed by atoms with van der Waals surface area (Å²) in [5.74, 6) is 0. The summed E-state index contributed by atoms with van der Waals surface area (Å²) < 4.78 is 0. The molecule has 0 atom stereocenters. The van der Waals surface area contributed by atoms with Gasteiger partial charge in [-0.15, -0.1) is 5.41 Å². The Balaban J connectivity index is 0.000000490. The Morgan fingerprint density at radius 3 is 2.12 bits per heavy atom. The van der Waals surface area contributed by atoms with E-state index >= 15 is 0 Å². The fourth-order valence-corrected chi connectivity index (χ4v) is 0.734. The Kier molecular flexibility index (Phi) is 4.06. The van der Waals surface area contributed by atoms with Gasteiger partial charge in [-0.3, -0.25) is 0 Å². The van der Waals surface area contributed by atoms with Gasteiger partial charge in [0.15, 0.2) is 0 Å². The molecule has 45 valence electrons. The van der Waals surface area contributed by atoms with E-state index < -0.39 is 0 Å². The zero-order chi connectivity index (χ0) is 5.33. The van der Waals surface area contributed by atoms with E-state index in [0.717, 1.165) is 6.42 Å². The summed E-state index contributed by atoms with van der Waals surface area (Å²) >= 11 is 0. The van der Waals surface area contributed by atoms with Crippen molar-refractivity contribution in [3.05, 3.63) is 6.61 Å². The molecule has 1 N–H and O–H groups in total. The second-order valence-corrected chi connectivity index (χ2v) is 2.35. The summed E-state index contributed by atoms with van der Waals surface area (Å²) in [6.45, 7) is 3.46. The molecule has 0 unspecified atom stereocenters. The summed E-state index contributed by atoms with van der Waals surface area (Å²) in [4.78, 5) is 0. The molecule has 1 rings (SSSR count). The Labute approximate surface area is 83.8 Å². The van der Waals surface area contributed by atoms with Crippen molar-refractivity contribution in [3.63, 3.8) is 0 Å². The molecule has 0 aliphatic heterocycles. The smallest absolute Gasteiger partial charge is 0 e. The van der Waals surface area contributed by atoms with E-state index in [1.165, 1.54) is 19.4 Å². The van der Waals surface area contributed by atoms with Crippen molar-refractivity contribution < 1.29 is 46.4 Å². The largest absolute Gasteiger partial charge is 0.565 e. The molecule has 2 heteroatoms. The normalized spacial score (nSPS) is 21.8. The molecule has 0 aromatic rings. The van der Waals surface area contributed by atoms with Crippen LogP contribution in [0, 0.1) is 53.3 Å². The number of hydrogen-bond acceptors (Lipinski definition) is 1. The van der Waals surface area contributed by atoms with Crippen molar-refractivity contribution in [2.24, 2.45) is 5.41 Å². The molecule has 0 bridgehead atoms. The first-order valence-electron chi connectivity index (χ1n) is 2.81. The Morgan fingerprint density at radius 1 is 1.62 bits per heavy atom. The Morgan fingerprint density at radius 2 is 2.12 bits per heavy atom. The molecule has 1 aliphatic carbocycles. The van der Waals surface area contributed by atoms with Crippen molar-refractivity contribution in [1.29, 1.82) is 0 Å². The quantitative estimate of drug-likeness (QED) is 0.728. The third-order valence-electron chi connectivity index (χ3n) is 1.87. The summed E-state index contributed by atoms with van der Waals surface area (Å²) in [6, 6.07) is 0. The number of aliphatic hydroxyl groups excluding tert-OH is 1. The van der Waals surface area contributed by atoms with E-state index in [1.807, 2.05) is 0 Å². The summed E-state index contributed by atoms with van der Waals surface area (Å²) in [5.41, 5.74) is 0.264. The van der Waals surface area contributed by atoms with E-state index in [9.17, 15) is 0 Å². The van der Waals surface area contributed by atoms with Crippen LogP contribution in [0.1, 0.15) is 26.2 Å². The van der Waals surface area contributed by atoms with Gasteiger partial charge >= 0.3 is 0 Å². The minimum atomic E-state index is 0. The number of rotatable bonds is 2. The molecule has 1 saturated carbocycles. The van der Waals surface area contributed by atoms with Gasteiger partial charge in [0.05, 0.1) is 0 Å².